The number of anilines is 6. The van der Waals surface area contributed by atoms with Gasteiger partial charge in [0.15, 0.2) is 0 Å². The van der Waals surface area contributed by atoms with E-state index in [4.69, 9.17) is 0 Å². The molecule has 0 heterocycles. The van der Waals surface area contributed by atoms with Gasteiger partial charge in [0.25, 0.3) is 0 Å². The van der Waals surface area contributed by atoms with Gasteiger partial charge in [-0.05, 0) is 119 Å². The molecule has 0 bridgehead atoms. The van der Waals surface area contributed by atoms with Gasteiger partial charge in [0.2, 0.25) is 0 Å². The van der Waals surface area contributed by atoms with Crippen molar-refractivity contribution < 1.29 is 0 Å². The average Bonchev–Trinajstić information content (AvgIpc) is 3.31. The standard InChI is InChI=1S/C64H60N2/c1-62(2,3)48-41-59(65(49-33-31-43-21-13-15-25-46(43)39-49)57-37-35-55(63(4,5)6)51-27-17-19-29-53(51)57)61(45-23-11-10-12-24-45)60(42-48)66(50-34-32-44-22-14-16-26-47(44)40-50)58-38-36-56(64(7,8)9)52-28-18-20-30-54(52)58/h10-42H,1-9H3. The van der Waals surface area contributed by atoms with Crippen LogP contribution in [0.3, 0.4) is 0 Å². The molecule has 10 aromatic rings. The van der Waals surface area contributed by atoms with Crippen LogP contribution < -0.4 is 9.80 Å². The normalized spacial score (nSPS) is 12.3. The highest BCUT2D eigenvalue weighted by atomic mass is 15.2. The molecule has 0 aliphatic carbocycles. The van der Waals surface area contributed by atoms with E-state index in [0.717, 1.165) is 45.3 Å². The van der Waals surface area contributed by atoms with Crippen LogP contribution in [0.1, 0.15) is 79.0 Å². The van der Waals surface area contributed by atoms with Crippen LogP contribution in [0.15, 0.2) is 200 Å². The predicted octanol–water partition coefficient (Wildman–Crippen LogP) is 18.8. The molecule has 0 radical (unpaired) electrons. The lowest BCUT2D eigenvalue weighted by molar-refractivity contribution is 0.590. The fourth-order valence-corrected chi connectivity index (χ4v) is 10.0. The van der Waals surface area contributed by atoms with Crippen LogP contribution >= 0.6 is 0 Å². The summed E-state index contributed by atoms with van der Waals surface area (Å²) in [5.41, 5.74) is 12.6. The summed E-state index contributed by atoms with van der Waals surface area (Å²) in [5, 5.41) is 9.81. The van der Waals surface area contributed by atoms with Gasteiger partial charge < -0.3 is 9.80 Å². The van der Waals surface area contributed by atoms with Gasteiger partial charge in [-0.1, -0.05) is 214 Å². The zero-order valence-electron chi connectivity index (χ0n) is 39.9. The molecule has 66 heavy (non-hydrogen) atoms. The SMILES string of the molecule is CC(C)(C)c1cc(N(c2ccc3ccccc3c2)c2ccc(C(C)(C)C)c3ccccc23)c(-c2ccccc2)c(N(c2ccc3ccccc3c2)c2ccc(C(C)(C)C)c3ccccc23)c1. The van der Waals surface area contributed by atoms with Crippen molar-refractivity contribution in [2.75, 3.05) is 9.80 Å². The Morgan fingerprint density at radius 3 is 1.08 bits per heavy atom. The van der Waals surface area contributed by atoms with E-state index >= 15 is 0 Å². The molecule has 2 heteroatoms. The highest BCUT2D eigenvalue weighted by Gasteiger charge is 2.31. The summed E-state index contributed by atoms with van der Waals surface area (Å²) in [6.45, 7) is 21.0. The summed E-state index contributed by atoms with van der Waals surface area (Å²) >= 11 is 0. The third-order valence-corrected chi connectivity index (χ3v) is 13.4. The quantitative estimate of drug-likeness (QED) is 0.158. The maximum absolute atomic E-state index is 2.56. The molecular weight excluding hydrogens is 797 g/mol. The molecule has 0 amide bonds. The highest BCUT2D eigenvalue weighted by molar-refractivity contribution is 6.09. The topological polar surface area (TPSA) is 6.48 Å². The van der Waals surface area contributed by atoms with E-state index in [-0.39, 0.29) is 16.2 Å². The van der Waals surface area contributed by atoms with Gasteiger partial charge in [0.05, 0.1) is 22.7 Å². The van der Waals surface area contributed by atoms with Gasteiger partial charge in [0.1, 0.15) is 0 Å². The Morgan fingerprint density at radius 1 is 0.288 bits per heavy atom. The largest absolute Gasteiger partial charge is 0.309 e. The van der Waals surface area contributed by atoms with Crippen molar-refractivity contribution in [1.29, 1.82) is 0 Å². The summed E-state index contributed by atoms with van der Waals surface area (Å²) in [6.07, 6.45) is 0. The molecule has 0 aromatic heterocycles. The Hall–Kier alpha value is -7.16. The first-order valence-corrected chi connectivity index (χ1v) is 23.5. The van der Waals surface area contributed by atoms with E-state index in [1.165, 1.54) is 59.8 Å². The van der Waals surface area contributed by atoms with E-state index in [9.17, 15) is 0 Å². The minimum Gasteiger partial charge on any atom is -0.309 e. The van der Waals surface area contributed by atoms with Gasteiger partial charge in [-0.25, -0.2) is 0 Å². The fourth-order valence-electron chi connectivity index (χ4n) is 10.0. The van der Waals surface area contributed by atoms with Crippen molar-refractivity contribution in [3.05, 3.63) is 217 Å². The van der Waals surface area contributed by atoms with Crippen LogP contribution in [-0.4, -0.2) is 0 Å². The van der Waals surface area contributed by atoms with Crippen LogP contribution in [0.5, 0.6) is 0 Å². The third-order valence-electron chi connectivity index (χ3n) is 13.4. The van der Waals surface area contributed by atoms with Crippen molar-refractivity contribution in [3.63, 3.8) is 0 Å². The first kappa shape index (κ1) is 42.8. The van der Waals surface area contributed by atoms with E-state index in [0.29, 0.717) is 0 Å². The summed E-state index contributed by atoms with van der Waals surface area (Å²) in [6, 6.07) is 74.9. The number of nitrogens with zero attached hydrogens (tertiary/aromatic N) is 2. The second-order valence-electron chi connectivity index (χ2n) is 21.1. The van der Waals surface area contributed by atoms with Crippen LogP contribution in [0.4, 0.5) is 34.1 Å². The van der Waals surface area contributed by atoms with Crippen LogP contribution in [0.25, 0.3) is 54.2 Å². The van der Waals surface area contributed by atoms with Crippen LogP contribution in [0.2, 0.25) is 0 Å². The first-order chi connectivity index (χ1) is 31.6. The number of fused-ring (bicyclic) bond motifs is 4. The first-order valence-electron chi connectivity index (χ1n) is 23.5. The predicted molar refractivity (Wildman–Crippen MR) is 287 cm³/mol. The molecule has 10 rings (SSSR count). The van der Waals surface area contributed by atoms with Crippen molar-refractivity contribution >= 4 is 77.2 Å². The van der Waals surface area contributed by atoms with E-state index in [1.807, 2.05) is 0 Å². The Labute approximate surface area is 391 Å². The zero-order valence-corrected chi connectivity index (χ0v) is 39.9. The molecule has 0 spiro atoms. The molecule has 10 aromatic carbocycles. The highest BCUT2D eigenvalue weighted by Crippen LogP contribution is 2.54. The molecule has 0 atom stereocenters. The lowest BCUT2D eigenvalue weighted by Crippen LogP contribution is -2.20. The smallest absolute Gasteiger partial charge is 0.0564 e. The number of hydrogen-bond acceptors (Lipinski definition) is 2. The molecule has 0 N–H and O–H groups in total. The van der Waals surface area contributed by atoms with Crippen LogP contribution in [-0.2, 0) is 16.2 Å². The molecule has 0 saturated carbocycles. The molecule has 0 unspecified atom stereocenters. The zero-order chi connectivity index (χ0) is 46.0. The second kappa shape index (κ2) is 16.4. The third kappa shape index (κ3) is 7.79. The van der Waals surface area contributed by atoms with Crippen molar-refractivity contribution in [2.45, 2.75) is 78.6 Å². The van der Waals surface area contributed by atoms with Gasteiger partial charge >= 0.3 is 0 Å². The van der Waals surface area contributed by atoms with E-state index in [1.54, 1.807) is 0 Å². The molecule has 326 valence electrons. The van der Waals surface area contributed by atoms with Crippen LogP contribution in [0, 0.1) is 0 Å². The van der Waals surface area contributed by atoms with Crippen molar-refractivity contribution in [1.82, 2.24) is 0 Å². The summed E-state index contributed by atoms with van der Waals surface area (Å²) in [7, 11) is 0. The minimum absolute atomic E-state index is 0.0495. The van der Waals surface area contributed by atoms with E-state index in [2.05, 4.69) is 272 Å². The van der Waals surface area contributed by atoms with Gasteiger partial charge in [-0.3, -0.25) is 0 Å². The maximum atomic E-state index is 2.56. The Morgan fingerprint density at radius 2 is 0.667 bits per heavy atom. The minimum atomic E-state index is -0.209. The fraction of sp³-hybridized carbons (Fsp3) is 0.188. The average molecular weight is 857 g/mol. The molecule has 2 nitrogen and oxygen atoms in total. The van der Waals surface area contributed by atoms with Crippen molar-refractivity contribution in [3.8, 4) is 11.1 Å². The summed E-state index contributed by atoms with van der Waals surface area (Å²) in [4.78, 5) is 5.11. The van der Waals surface area contributed by atoms with Gasteiger partial charge in [-0.2, -0.15) is 0 Å². The number of hydrogen-bond donors (Lipinski definition) is 0. The Bertz CT molecular complexity index is 3230. The lowest BCUT2D eigenvalue weighted by Gasteiger charge is -2.37. The summed E-state index contributed by atoms with van der Waals surface area (Å²) < 4.78 is 0. The Balaban J connectivity index is 1.39. The Kier molecular flexibility index (Phi) is 10.6. The summed E-state index contributed by atoms with van der Waals surface area (Å²) in [5.74, 6) is 0. The molecular formula is C64H60N2. The van der Waals surface area contributed by atoms with Crippen molar-refractivity contribution in [2.24, 2.45) is 0 Å². The maximum Gasteiger partial charge on any atom is 0.0564 e. The number of benzene rings is 10. The number of rotatable bonds is 7. The molecule has 0 aliphatic rings. The second-order valence-corrected chi connectivity index (χ2v) is 21.1. The van der Waals surface area contributed by atoms with Gasteiger partial charge in [-0.15, -0.1) is 0 Å². The lowest BCUT2D eigenvalue weighted by atomic mass is 9.82. The molecule has 0 fully saturated rings. The monoisotopic (exact) mass is 856 g/mol. The van der Waals surface area contributed by atoms with E-state index < -0.39 is 0 Å². The molecule has 0 saturated heterocycles. The molecule has 0 aliphatic heterocycles. The van der Waals surface area contributed by atoms with Gasteiger partial charge in [0, 0.05) is 27.7 Å².